The predicted molar refractivity (Wildman–Crippen MR) is 79.1 cm³/mol. The molecule has 2 rings (SSSR count). The second kappa shape index (κ2) is 7.00. The molecule has 0 saturated heterocycles. The van der Waals surface area contributed by atoms with Crippen LogP contribution in [0.2, 0.25) is 0 Å². The van der Waals surface area contributed by atoms with Gasteiger partial charge in [0, 0.05) is 11.9 Å². The number of hydrogen-bond donors (Lipinski definition) is 1. The van der Waals surface area contributed by atoms with Gasteiger partial charge in [0.25, 0.3) is 0 Å². The van der Waals surface area contributed by atoms with E-state index in [9.17, 15) is 0 Å². The number of nitrogens with one attached hydrogen (secondary N) is 1. The molecule has 0 aliphatic heterocycles. The topological polar surface area (TPSA) is 34.1 Å². The zero-order valence-electron chi connectivity index (χ0n) is 10.8. The number of anilines is 1. The fourth-order valence-corrected chi connectivity index (χ4v) is 2.02. The molecule has 0 fully saturated rings. The molecule has 0 spiro atoms. The van der Waals surface area contributed by atoms with Crippen LogP contribution in [0.15, 0.2) is 48.7 Å². The van der Waals surface area contributed by atoms with Crippen molar-refractivity contribution in [2.45, 2.75) is 12.5 Å². The van der Waals surface area contributed by atoms with Gasteiger partial charge in [-0.25, -0.2) is 4.98 Å². The van der Waals surface area contributed by atoms with E-state index in [1.807, 2.05) is 30.3 Å². The summed E-state index contributed by atoms with van der Waals surface area (Å²) in [6.07, 6.45) is 2.56. The number of hydrogen-bond acceptors (Lipinski definition) is 3. The van der Waals surface area contributed by atoms with Crippen molar-refractivity contribution in [1.82, 2.24) is 4.98 Å². The lowest BCUT2D eigenvalue weighted by Gasteiger charge is -2.16. The Labute approximate surface area is 118 Å². The van der Waals surface area contributed by atoms with Gasteiger partial charge in [0.1, 0.15) is 11.6 Å². The SMILES string of the molecule is COc1ccc(NC(CCl)Cc2ccccc2)nc1. The van der Waals surface area contributed by atoms with Crippen molar-refractivity contribution in [3.63, 3.8) is 0 Å². The molecule has 0 amide bonds. The van der Waals surface area contributed by atoms with Crippen LogP contribution in [0.4, 0.5) is 5.82 Å². The third kappa shape index (κ3) is 4.14. The fraction of sp³-hybridized carbons (Fsp3) is 0.267. The number of pyridine rings is 1. The number of nitrogens with zero attached hydrogens (tertiary/aromatic N) is 1. The van der Waals surface area contributed by atoms with E-state index in [0.29, 0.717) is 5.88 Å². The smallest absolute Gasteiger partial charge is 0.137 e. The molecule has 2 aromatic rings. The van der Waals surface area contributed by atoms with Gasteiger partial charge in [-0.3, -0.25) is 0 Å². The highest BCUT2D eigenvalue weighted by Crippen LogP contribution is 2.14. The van der Waals surface area contributed by atoms with Crippen molar-refractivity contribution in [3.05, 3.63) is 54.2 Å². The van der Waals surface area contributed by atoms with Gasteiger partial charge in [-0.2, -0.15) is 0 Å². The summed E-state index contributed by atoms with van der Waals surface area (Å²) >= 11 is 6.01. The van der Waals surface area contributed by atoms with Gasteiger partial charge >= 0.3 is 0 Å². The molecular weight excluding hydrogens is 260 g/mol. The Balaban J connectivity index is 1.98. The van der Waals surface area contributed by atoms with E-state index in [1.54, 1.807) is 13.3 Å². The molecule has 1 aromatic heterocycles. The fourth-order valence-electron chi connectivity index (χ4n) is 1.84. The van der Waals surface area contributed by atoms with Crippen LogP contribution in [0.3, 0.4) is 0 Å². The van der Waals surface area contributed by atoms with Crippen LogP contribution in [-0.2, 0) is 6.42 Å². The molecular formula is C15H17ClN2O. The van der Waals surface area contributed by atoms with Gasteiger partial charge in [-0.1, -0.05) is 30.3 Å². The first kappa shape index (κ1) is 13.7. The van der Waals surface area contributed by atoms with Crippen molar-refractivity contribution in [2.75, 3.05) is 18.3 Å². The monoisotopic (exact) mass is 276 g/mol. The average molecular weight is 277 g/mol. The third-order valence-corrected chi connectivity index (χ3v) is 3.21. The second-order valence-electron chi connectivity index (χ2n) is 4.27. The number of aromatic nitrogens is 1. The van der Waals surface area contributed by atoms with E-state index in [1.165, 1.54) is 5.56 Å². The molecule has 100 valence electrons. The van der Waals surface area contributed by atoms with Crippen molar-refractivity contribution >= 4 is 17.4 Å². The Kier molecular flexibility index (Phi) is 5.04. The summed E-state index contributed by atoms with van der Waals surface area (Å²) in [6, 6.07) is 14.2. The molecule has 0 aliphatic carbocycles. The van der Waals surface area contributed by atoms with Crippen molar-refractivity contribution < 1.29 is 4.74 Å². The summed E-state index contributed by atoms with van der Waals surface area (Å²) in [6.45, 7) is 0. The van der Waals surface area contributed by atoms with E-state index in [-0.39, 0.29) is 6.04 Å². The van der Waals surface area contributed by atoms with Crippen LogP contribution < -0.4 is 10.1 Å². The first-order chi connectivity index (χ1) is 9.31. The van der Waals surface area contributed by atoms with E-state index < -0.39 is 0 Å². The van der Waals surface area contributed by atoms with Crippen LogP contribution in [0.25, 0.3) is 0 Å². The molecule has 0 saturated carbocycles. The number of halogens is 1. The van der Waals surface area contributed by atoms with Gasteiger partial charge in [-0.05, 0) is 24.1 Å². The van der Waals surface area contributed by atoms with Crippen molar-refractivity contribution in [1.29, 1.82) is 0 Å². The molecule has 0 aliphatic rings. The summed E-state index contributed by atoms with van der Waals surface area (Å²) < 4.78 is 5.08. The Morgan fingerprint density at radius 3 is 2.58 bits per heavy atom. The largest absolute Gasteiger partial charge is 0.495 e. The van der Waals surface area contributed by atoms with Crippen LogP contribution in [-0.4, -0.2) is 24.0 Å². The highest BCUT2D eigenvalue weighted by atomic mass is 35.5. The standard InChI is InChI=1S/C15H17ClN2O/c1-19-14-7-8-15(17-11-14)18-13(10-16)9-12-5-3-2-4-6-12/h2-8,11,13H,9-10H2,1H3,(H,17,18). The normalized spacial score (nSPS) is 11.9. The molecule has 3 nitrogen and oxygen atoms in total. The van der Waals surface area contributed by atoms with Gasteiger partial charge < -0.3 is 10.1 Å². The Hall–Kier alpha value is -1.74. The average Bonchev–Trinajstić information content (AvgIpc) is 2.48. The first-order valence-electron chi connectivity index (χ1n) is 6.18. The lowest BCUT2D eigenvalue weighted by atomic mass is 10.1. The van der Waals surface area contributed by atoms with Crippen LogP contribution >= 0.6 is 11.6 Å². The summed E-state index contributed by atoms with van der Waals surface area (Å²) in [4.78, 5) is 4.28. The molecule has 1 unspecified atom stereocenters. The van der Waals surface area contributed by atoms with Crippen molar-refractivity contribution in [2.24, 2.45) is 0 Å². The number of methoxy groups -OCH3 is 1. The van der Waals surface area contributed by atoms with Crippen LogP contribution in [0.5, 0.6) is 5.75 Å². The third-order valence-electron chi connectivity index (χ3n) is 2.84. The Morgan fingerprint density at radius 1 is 1.21 bits per heavy atom. The lowest BCUT2D eigenvalue weighted by molar-refractivity contribution is 0.413. The highest BCUT2D eigenvalue weighted by Gasteiger charge is 2.09. The zero-order chi connectivity index (χ0) is 13.5. The molecule has 1 atom stereocenters. The number of rotatable bonds is 6. The summed E-state index contributed by atoms with van der Waals surface area (Å²) in [7, 11) is 1.63. The first-order valence-corrected chi connectivity index (χ1v) is 6.71. The number of alkyl halides is 1. The van der Waals surface area contributed by atoms with Gasteiger partial charge in [0.15, 0.2) is 0 Å². The molecule has 0 bridgehead atoms. The minimum atomic E-state index is 0.157. The van der Waals surface area contributed by atoms with Crippen LogP contribution in [0, 0.1) is 0 Å². The maximum atomic E-state index is 6.01. The molecule has 1 N–H and O–H groups in total. The van der Waals surface area contributed by atoms with Gasteiger partial charge in [-0.15, -0.1) is 11.6 Å². The van der Waals surface area contributed by atoms with Crippen LogP contribution in [0.1, 0.15) is 5.56 Å². The molecule has 1 aromatic carbocycles. The molecule has 19 heavy (non-hydrogen) atoms. The Morgan fingerprint density at radius 2 is 2.00 bits per heavy atom. The zero-order valence-corrected chi connectivity index (χ0v) is 11.6. The van der Waals surface area contributed by atoms with Gasteiger partial charge in [0.2, 0.25) is 0 Å². The molecule has 0 radical (unpaired) electrons. The highest BCUT2D eigenvalue weighted by molar-refractivity contribution is 6.18. The van der Waals surface area contributed by atoms with Crippen molar-refractivity contribution in [3.8, 4) is 5.75 Å². The summed E-state index contributed by atoms with van der Waals surface area (Å²) in [5.41, 5.74) is 1.26. The maximum Gasteiger partial charge on any atom is 0.137 e. The lowest BCUT2D eigenvalue weighted by Crippen LogP contribution is -2.24. The van der Waals surface area contributed by atoms with E-state index in [2.05, 4.69) is 22.4 Å². The maximum absolute atomic E-state index is 6.01. The summed E-state index contributed by atoms with van der Waals surface area (Å²) in [5, 5.41) is 3.33. The second-order valence-corrected chi connectivity index (χ2v) is 4.58. The number of benzene rings is 1. The predicted octanol–water partition coefficient (Wildman–Crippen LogP) is 3.35. The quantitative estimate of drug-likeness (QED) is 0.822. The van der Waals surface area contributed by atoms with E-state index in [0.717, 1.165) is 18.0 Å². The van der Waals surface area contributed by atoms with E-state index >= 15 is 0 Å². The van der Waals surface area contributed by atoms with E-state index in [4.69, 9.17) is 16.3 Å². The molecule has 4 heteroatoms. The minimum Gasteiger partial charge on any atom is -0.495 e. The van der Waals surface area contributed by atoms with Gasteiger partial charge in [0.05, 0.1) is 13.3 Å². The Bertz CT molecular complexity index is 487. The minimum absolute atomic E-state index is 0.157. The molecule has 1 heterocycles. The summed E-state index contributed by atoms with van der Waals surface area (Å²) in [5.74, 6) is 2.08. The number of ether oxygens (including phenoxy) is 1.